The first kappa shape index (κ1) is 19.0. The van der Waals surface area contributed by atoms with Gasteiger partial charge in [-0.3, -0.25) is 0 Å². The third-order valence-corrected chi connectivity index (χ3v) is 4.39. The minimum absolute atomic E-state index is 0.516. The summed E-state index contributed by atoms with van der Waals surface area (Å²) in [6.45, 7) is 4.46. The van der Waals surface area contributed by atoms with Crippen LogP contribution in [0.3, 0.4) is 0 Å². The molecule has 0 atom stereocenters. The van der Waals surface area contributed by atoms with E-state index in [-0.39, 0.29) is 0 Å². The maximum Gasteiger partial charge on any atom is 0.332 e. The fraction of sp³-hybridized carbons (Fsp3) is 0.348. The van der Waals surface area contributed by atoms with Crippen LogP contribution < -0.4 is 0 Å². The van der Waals surface area contributed by atoms with E-state index >= 15 is 0 Å². The van der Waals surface area contributed by atoms with Crippen LogP contribution in [0.5, 0.6) is 0 Å². The lowest BCUT2D eigenvalue weighted by Crippen LogP contribution is -2.06. The number of carboxylic acids is 1. The molecule has 0 aliphatic rings. The zero-order valence-electron chi connectivity index (χ0n) is 15.2. The van der Waals surface area contributed by atoms with E-state index in [1.165, 1.54) is 6.42 Å². The van der Waals surface area contributed by atoms with Crippen LogP contribution in [0.4, 0.5) is 0 Å². The second-order valence-electron chi connectivity index (χ2n) is 6.88. The summed E-state index contributed by atoms with van der Waals surface area (Å²) in [4.78, 5) is 12.0. The Morgan fingerprint density at radius 3 is 1.80 bits per heavy atom. The van der Waals surface area contributed by atoms with Crippen molar-refractivity contribution >= 4 is 11.5 Å². The first-order valence-electron chi connectivity index (χ1n) is 9.17. The zero-order valence-corrected chi connectivity index (χ0v) is 15.2. The number of carboxylic acid groups (broad SMARTS) is 1. The Morgan fingerprint density at radius 1 is 0.840 bits per heavy atom. The van der Waals surface area contributed by atoms with Crippen LogP contribution in [0.25, 0.3) is 5.57 Å². The van der Waals surface area contributed by atoms with E-state index in [4.69, 9.17) is 0 Å². The maximum absolute atomic E-state index is 12.0. The molecule has 0 saturated carbocycles. The van der Waals surface area contributed by atoms with Crippen molar-refractivity contribution in [1.82, 2.24) is 0 Å². The van der Waals surface area contributed by atoms with Crippen molar-refractivity contribution < 1.29 is 9.90 Å². The molecule has 0 unspecified atom stereocenters. The fourth-order valence-corrected chi connectivity index (χ4v) is 3.09. The molecule has 0 spiro atoms. The van der Waals surface area contributed by atoms with Gasteiger partial charge < -0.3 is 5.11 Å². The molecule has 2 aromatic rings. The maximum atomic E-state index is 12.0. The van der Waals surface area contributed by atoms with Crippen molar-refractivity contribution in [2.45, 2.75) is 46.0 Å². The zero-order chi connectivity index (χ0) is 18.1. The van der Waals surface area contributed by atoms with E-state index in [9.17, 15) is 9.90 Å². The summed E-state index contributed by atoms with van der Waals surface area (Å²) in [5, 5.41) is 9.85. The highest BCUT2D eigenvalue weighted by molar-refractivity contribution is 6.00. The summed E-state index contributed by atoms with van der Waals surface area (Å²) in [6.07, 6.45) is 4.96. The van der Waals surface area contributed by atoms with Crippen LogP contribution in [0.2, 0.25) is 0 Å². The minimum atomic E-state index is -0.813. The molecule has 2 rings (SSSR count). The second kappa shape index (κ2) is 9.83. The third kappa shape index (κ3) is 5.90. The smallest absolute Gasteiger partial charge is 0.332 e. The van der Waals surface area contributed by atoms with E-state index in [0.29, 0.717) is 17.9 Å². The highest BCUT2D eigenvalue weighted by Gasteiger charge is 2.17. The number of hydrogen-bond donors (Lipinski definition) is 1. The topological polar surface area (TPSA) is 37.3 Å². The van der Waals surface area contributed by atoms with Crippen LogP contribution in [0.1, 0.15) is 57.1 Å². The van der Waals surface area contributed by atoms with Gasteiger partial charge in [-0.25, -0.2) is 4.79 Å². The largest absolute Gasteiger partial charge is 0.478 e. The molecule has 0 fully saturated rings. The SMILES string of the molecule is CC(C)CCCCCC(C(=O)O)=C(c1ccccc1)c1ccccc1. The molecule has 0 radical (unpaired) electrons. The fourth-order valence-electron chi connectivity index (χ4n) is 3.09. The number of carbonyl (C=O) groups is 1. The van der Waals surface area contributed by atoms with Gasteiger partial charge in [-0.15, -0.1) is 0 Å². The van der Waals surface area contributed by atoms with Gasteiger partial charge in [0.15, 0.2) is 0 Å². The number of hydrogen-bond acceptors (Lipinski definition) is 1. The average Bonchev–Trinajstić information content (AvgIpc) is 2.61. The summed E-state index contributed by atoms with van der Waals surface area (Å²) < 4.78 is 0. The Kier molecular flexibility index (Phi) is 7.46. The number of benzene rings is 2. The number of unbranched alkanes of at least 4 members (excludes halogenated alkanes) is 2. The number of aliphatic carboxylic acids is 1. The molecule has 2 nitrogen and oxygen atoms in total. The van der Waals surface area contributed by atoms with Gasteiger partial charge in [0.2, 0.25) is 0 Å². The Labute approximate surface area is 151 Å². The summed E-state index contributed by atoms with van der Waals surface area (Å²) in [7, 11) is 0. The highest BCUT2D eigenvalue weighted by Crippen LogP contribution is 2.30. The van der Waals surface area contributed by atoms with Gasteiger partial charge in [-0.1, -0.05) is 93.8 Å². The quantitative estimate of drug-likeness (QED) is 0.438. The van der Waals surface area contributed by atoms with Crippen LogP contribution >= 0.6 is 0 Å². The molecule has 0 aliphatic carbocycles. The lowest BCUT2D eigenvalue weighted by atomic mass is 9.90. The summed E-state index contributed by atoms with van der Waals surface area (Å²) in [6, 6.07) is 19.7. The van der Waals surface area contributed by atoms with Crippen LogP contribution in [-0.2, 0) is 4.79 Å². The van der Waals surface area contributed by atoms with Gasteiger partial charge in [0.1, 0.15) is 0 Å². The van der Waals surface area contributed by atoms with E-state index in [1.807, 2.05) is 60.7 Å². The van der Waals surface area contributed by atoms with Crippen LogP contribution in [0, 0.1) is 5.92 Å². The lowest BCUT2D eigenvalue weighted by Gasteiger charge is -2.14. The molecule has 0 aliphatic heterocycles. The lowest BCUT2D eigenvalue weighted by molar-refractivity contribution is -0.132. The van der Waals surface area contributed by atoms with Gasteiger partial charge in [0.25, 0.3) is 0 Å². The van der Waals surface area contributed by atoms with Gasteiger partial charge in [0.05, 0.1) is 0 Å². The molecular weight excluding hydrogens is 308 g/mol. The summed E-state index contributed by atoms with van der Waals surface area (Å²) >= 11 is 0. The molecule has 0 amide bonds. The molecule has 0 aromatic heterocycles. The Bertz CT molecular complexity index is 643. The highest BCUT2D eigenvalue weighted by atomic mass is 16.4. The van der Waals surface area contributed by atoms with Crippen molar-refractivity contribution in [3.05, 3.63) is 77.4 Å². The molecule has 2 heteroatoms. The van der Waals surface area contributed by atoms with Crippen LogP contribution in [0.15, 0.2) is 66.2 Å². The molecule has 1 N–H and O–H groups in total. The standard InChI is InChI=1S/C23H28O2/c1-18(2)12-6-3-11-17-21(23(24)25)22(19-13-7-4-8-14-19)20-15-9-5-10-16-20/h4-5,7-10,13-16,18H,3,6,11-12,17H2,1-2H3,(H,24,25). The van der Waals surface area contributed by atoms with Crippen molar-refractivity contribution in [3.63, 3.8) is 0 Å². The first-order valence-corrected chi connectivity index (χ1v) is 9.17. The molecule has 0 heterocycles. The molecule has 132 valence electrons. The third-order valence-electron chi connectivity index (χ3n) is 4.39. The Morgan fingerprint density at radius 2 is 1.36 bits per heavy atom. The number of rotatable bonds is 9. The van der Waals surface area contributed by atoms with Crippen molar-refractivity contribution in [1.29, 1.82) is 0 Å². The molecule has 2 aromatic carbocycles. The predicted molar refractivity (Wildman–Crippen MR) is 104 cm³/mol. The van der Waals surface area contributed by atoms with Gasteiger partial charge in [-0.2, -0.15) is 0 Å². The van der Waals surface area contributed by atoms with Gasteiger partial charge in [-0.05, 0) is 35.5 Å². The van der Waals surface area contributed by atoms with Gasteiger partial charge in [0, 0.05) is 5.57 Å². The summed E-state index contributed by atoms with van der Waals surface area (Å²) in [5.74, 6) is -0.106. The van der Waals surface area contributed by atoms with E-state index in [2.05, 4.69) is 13.8 Å². The van der Waals surface area contributed by atoms with Crippen molar-refractivity contribution in [2.24, 2.45) is 5.92 Å². The van der Waals surface area contributed by atoms with E-state index in [1.54, 1.807) is 0 Å². The van der Waals surface area contributed by atoms with E-state index in [0.717, 1.165) is 36.0 Å². The molecule has 0 saturated heterocycles. The molecule has 25 heavy (non-hydrogen) atoms. The monoisotopic (exact) mass is 336 g/mol. The second-order valence-corrected chi connectivity index (χ2v) is 6.88. The van der Waals surface area contributed by atoms with Gasteiger partial charge >= 0.3 is 5.97 Å². The first-order chi connectivity index (χ1) is 12.1. The van der Waals surface area contributed by atoms with Crippen molar-refractivity contribution in [2.75, 3.05) is 0 Å². The van der Waals surface area contributed by atoms with Crippen molar-refractivity contribution in [3.8, 4) is 0 Å². The Balaban J connectivity index is 2.30. The average molecular weight is 336 g/mol. The van der Waals surface area contributed by atoms with Crippen LogP contribution in [-0.4, -0.2) is 11.1 Å². The Hall–Kier alpha value is -2.35. The van der Waals surface area contributed by atoms with E-state index < -0.39 is 5.97 Å². The minimum Gasteiger partial charge on any atom is -0.478 e. The normalized spacial score (nSPS) is 10.7. The predicted octanol–water partition coefficient (Wildman–Crippen LogP) is 6.18. The molecular formula is C23H28O2. The summed E-state index contributed by atoms with van der Waals surface area (Å²) in [5.41, 5.74) is 3.29. The molecule has 0 bridgehead atoms.